The van der Waals surface area contributed by atoms with Crippen LogP contribution in [0.25, 0.3) is 0 Å². The Morgan fingerprint density at radius 3 is 2.40 bits per heavy atom. The summed E-state index contributed by atoms with van der Waals surface area (Å²) in [7, 11) is 0. The Hall–Kier alpha value is -2.10. The molecule has 20 heavy (non-hydrogen) atoms. The van der Waals surface area contributed by atoms with Crippen LogP contribution in [0.2, 0.25) is 0 Å². The van der Waals surface area contributed by atoms with Crippen molar-refractivity contribution in [2.75, 3.05) is 0 Å². The summed E-state index contributed by atoms with van der Waals surface area (Å²) in [6, 6.07) is 1.01. The van der Waals surface area contributed by atoms with Crippen LogP contribution in [0, 0.1) is 34.6 Å². The molecule has 0 aromatic heterocycles. The molecule has 0 saturated heterocycles. The van der Waals surface area contributed by atoms with Crippen molar-refractivity contribution in [2.45, 2.75) is 31.8 Å². The van der Waals surface area contributed by atoms with Gasteiger partial charge in [0.15, 0.2) is 23.3 Å². The molecular weight excluding hydrogens is 276 g/mol. The molecule has 2 rings (SSSR count). The highest BCUT2D eigenvalue weighted by Crippen LogP contribution is 2.31. The highest BCUT2D eigenvalue weighted by Gasteiger charge is 2.38. The predicted molar refractivity (Wildman–Crippen MR) is 60.5 cm³/mol. The number of nitrogens with zero attached hydrogens (tertiary/aromatic N) is 2. The maximum atomic E-state index is 13.6. The molecule has 0 N–H and O–H groups in total. The van der Waals surface area contributed by atoms with Gasteiger partial charge in [0, 0.05) is 6.04 Å². The molecule has 1 unspecified atom stereocenters. The van der Waals surface area contributed by atoms with E-state index in [0.717, 1.165) is 4.90 Å². The van der Waals surface area contributed by atoms with E-state index >= 15 is 0 Å². The molecule has 0 bridgehead atoms. The Kier molecular flexibility index (Phi) is 3.66. The molecule has 1 aromatic rings. The lowest BCUT2D eigenvalue weighted by atomic mass is 10.1. The average molecular weight is 286 g/mol. The van der Waals surface area contributed by atoms with Crippen LogP contribution in [0.3, 0.4) is 0 Å². The SMILES string of the molecule is CC(C#N)N(C(=O)c1cc(F)c(F)c(F)c1F)C1CC1. The fourth-order valence-electron chi connectivity index (χ4n) is 1.94. The molecule has 0 radical (unpaired) electrons. The Labute approximate surface area is 112 Å². The minimum atomic E-state index is -2.03. The summed E-state index contributed by atoms with van der Waals surface area (Å²) < 4.78 is 52.7. The van der Waals surface area contributed by atoms with Gasteiger partial charge in [-0.2, -0.15) is 5.26 Å². The van der Waals surface area contributed by atoms with Gasteiger partial charge in [-0.25, -0.2) is 17.6 Å². The predicted octanol–water partition coefficient (Wildman–Crippen LogP) is 2.76. The van der Waals surface area contributed by atoms with Gasteiger partial charge in [0.05, 0.1) is 11.6 Å². The van der Waals surface area contributed by atoms with Crippen molar-refractivity contribution in [1.82, 2.24) is 4.90 Å². The first kappa shape index (κ1) is 14.3. The van der Waals surface area contributed by atoms with Crippen molar-refractivity contribution in [2.24, 2.45) is 0 Å². The second-order valence-corrected chi connectivity index (χ2v) is 4.60. The topological polar surface area (TPSA) is 44.1 Å². The zero-order valence-electron chi connectivity index (χ0n) is 10.5. The van der Waals surface area contributed by atoms with E-state index in [1.54, 1.807) is 0 Å². The number of amides is 1. The van der Waals surface area contributed by atoms with Gasteiger partial charge in [-0.15, -0.1) is 0 Å². The quantitative estimate of drug-likeness (QED) is 0.487. The Morgan fingerprint density at radius 2 is 1.90 bits per heavy atom. The summed E-state index contributed by atoms with van der Waals surface area (Å²) in [5.74, 6) is -8.41. The van der Waals surface area contributed by atoms with Gasteiger partial charge in [0.2, 0.25) is 0 Å². The van der Waals surface area contributed by atoms with Gasteiger partial charge >= 0.3 is 0 Å². The van der Waals surface area contributed by atoms with Crippen LogP contribution in [-0.2, 0) is 0 Å². The highest BCUT2D eigenvalue weighted by atomic mass is 19.2. The maximum Gasteiger partial charge on any atom is 0.258 e. The number of nitriles is 1. The summed E-state index contributed by atoms with van der Waals surface area (Å²) in [5.41, 5.74) is -0.907. The van der Waals surface area contributed by atoms with Crippen LogP contribution in [-0.4, -0.2) is 22.9 Å². The molecule has 1 aromatic carbocycles. The van der Waals surface area contributed by atoms with Crippen molar-refractivity contribution in [1.29, 1.82) is 5.26 Å². The van der Waals surface area contributed by atoms with Crippen LogP contribution < -0.4 is 0 Å². The Bertz CT molecular complexity index is 607. The summed E-state index contributed by atoms with van der Waals surface area (Å²) in [6.45, 7) is 1.42. The first-order valence-electron chi connectivity index (χ1n) is 5.93. The fourth-order valence-corrected chi connectivity index (χ4v) is 1.94. The van der Waals surface area contributed by atoms with Crippen LogP contribution in [0.15, 0.2) is 6.07 Å². The second kappa shape index (κ2) is 5.12. The van der Waals surface area contributed by atoms with Crippen LogP contribution in [0.5, 0.6) is 0 Å². The molecule has 106 valence electrons. The standard InChI is InChI=1S/C13H10F4N2O/c1-6(5-18)19(7-2-3-7)13(20)8-4-9(14)11(16)12(17)10(8)15/h4,6-7H,2-3H2,1H3. The summed E-state index contributed by atoms with van der Waals surface area (Å²) in [5, 5.41) is 8.85. The van der Waals surface area contributed by atoms with E-state index < -0.39 is 40.8 Å². The largest absolute Gasteiger partial charge is 0.320 e. The van der Waals surface area contributed by atoms with E-state index in [2.05, 4.69) is 0 Å². The molecule has 7 heteroatoms. The monoisotopic (exact) mass is 286 g/mol. The van der Waals surface area contributed by atoms with Gasteiger partial charge in [-0.3, -0.25) is 4.79 Å². The van der Waals surface area contributed by atoms with Crippen LogP contribution >= 0.6 is 0 Å². The van der Waals surface area contributed by atoms with E-state index in [-0.39, 0.29) is 6.04 Å². The molecule has 1 amide bonds. The minimum absolute atomic E-state index is 0.257. The molecular formula is C13H10F4N2O. The highest BCUT2D eigenvalue weighted by molar-refractivity contribution is 5.95. The number of benzene rings is 1. The molecule has 1 fully saturated rings. The van der Waals surface area contributed by atoms with Gasteiger partial charge in [0.1, 0.15) is 6.04 Å². The van der Waals surface area contributed by atoms with Gasteiger partial charge < -0.3 is 4.90 Å². The summed E-state index contributed by atoms with van der Waals surface area (Å²) >= 11 is 0. The minimum Gasteiger partial charge on any atom is -0.320 e. The van der Waals surface area contributed by atoms with Crippen LogP contribution in [0.4, 0.5) is 17.6 Å². The molecule has 1 saturated carbocycles. The Morgan fingerprint density at radius 1 is 1.30 bits per heavy atom. The summed E-state index contributed by atoms with van der Waals surface area (Å²) in [6.07, 6.45) is 1.26. The second-order valence-electron chi connectivity index (χ2n) is 4.60. The van der Waals surface area contributed by atoms with Gasteiger partial charge in [-0.1, -0.05) is 0 Å². The van der Waals surface area contributed by atoms with Crippen molar-refractivity contribution < 1.29 is 22.4 Å². The summed E-state index contributed by atoms with van der Waals surface area (Å²) in [4.78, 5) is 13.2. The zero-order valence-corrected chi connectivity index (χ0v) is 10.5. The van der Waals surface area contributed by atoms with Crippen LogP contribution in [0.1, 0.15) is 30.1 Å². The molecule has 1 aliphatic carbocycles. The van der Waals surface area contributed by atoms with E-state index in [0.29, 0.717) is 18.9 Å². The average Bonchev–Trinajstić information content (AvgIpc) is 3.24. The zero-order chi connectivity index (χ0) is 15.0. The van der Waals surface area contributed by atoms with Crippen molar-refractivity contribution in [3.63, 3.8) is 0 Å². The van der Waals surface area contributed by atoms with E-state index in [1.165, 1.54) is 6.92 Å². The third kappa shape index (κ3) is 2.33. The third-order valence-electron chi connectivity index (χ3n) is 3.11. The molecule has 1 aliphatic rings. The fraction of sp³-hybridized carbons (Fsp3) is 0.385. The molecule has 0 spiro atoms. The van der Waals surface area contributed by atoms with Crippen molar-refractivity contribution in [3.05, 3.63) is 34.9 Å². The number of hydrogen-bond acceptors (Lipinski definition) is 2. The van der Waals surface area contributed by atoms with Crippen molar-refractivity contribution in [3.8, 4) is 6.07 Å². The lowest BCUT2D eigenvalue weighted by Crippen LogP contribution is -2.40. The Balaban J connectivity index is 2.45. The lowest BCUT2D eigenvalue weighted by Gasteiger charge is -2.25. The molecule has 0 heterocycles. The normalized spacial score (nSPS) is 15.6. The first-order chi connectivity index (χ1) is 9.38. The van der Waals surface area contributed by atoms with E-state index in [4.69, 9.17) is 5.26 Å². The number of carbonyl (C=O) groups is 1. The molecule has 3 nitrogen and oxygen atoms in total. The molecule has 0 aliphatic heterocycles. The smallest absolute Gasteiger partial charge is 0.258 e. The lowest BCUT2D eigenvalue weighted by molar-refractivity contribution is 0.0707. The number of hydrogen-bond donors (Lipinski definition) is 0. The van der Waals surface area contributed by atoms with E-state index in [9.17, 15) is 22.4 Å². The third-order valence-corrected chi connectivity index (χ3v) is 3.11. The number of carbonyl (C=O) groups excluding carboxylic acids is 1. The molecule has 1 atom stereocenters. The first-order valence-corrected chi connectivity index (χ1v) is 5.93. The van der Waals surface area contributed by atoms with E-state index in [1.807, 2.05) is 6.07 Å². The number of rotatable bonds is 3. The van der Waals surface area contributed by atoms with Gasteiger partial charge in [0.25, 0.3) is 5.91 Å². The maximum absolute atomic E-state index is 13.6. The van der Waals surface area contributed by atoms with Gasteiger partial charge in [-0.05, 0) is 25.8 Å². The number of halogens is 4. The van der Waals surface area contributed by atoms with Crippen molar-refractivity contribution >= 4 is 5.91 Å².